The summed E-state index contributed by atoms with van der Waals surface area (Å²) in [6.45, 7) is 2.82. The lowest BCUT2D eigenvalue weighted by molar-refractivity contribution is -0.916. The fraction of sp³-hybridized carbons (Fsp3) is 0.421. The molecule has 2 aromatic rings. The molecule has 0 unspecified atom stereocenters. The molecule has 1 atom stereocenters. The van der Waals surface area contributed by atoms with E-state index in [0.717, 1.165) is 43.3 Å². The molecule has 0 amide bonds. The smallest absolute Gasteiger partial charge is 0.364 e. The van der Waals surface area contributed by atoms with Gasteiger partial charge in [-0.15, -0.1) is 0 Å². The second-order valence-corrected chi connectivity index (χ2v) is 7.02. The van der Waals surface area contributed by atoms with E-state index in [1.165, 1.54) is 17.0 Å². The molecule has 1 saturated heterocycles. The normalized spacial score (nSPS) is 21.7. The number of Topliss-reactive ketones (excluding diaryl/α,β-unsaturated/α-hetero) is 1. The van der Waals surface area contributed by atoms with Gasteiger partial charge in [-0.1, -0.05) is 6.07 Å². The van der Waals surface area contributed by atoms with E-state index in [1.54, 1.807) is 6.07 Å². The topological polar surface area (TPSA) is 40.5 Å². The van der Waals surface area contributed by atoms with Crippen LogP contribution >= 0.6 is 0 Å². The van der Waals surface area contributed by atoms with Gasteiger partial charge >= 0.3 is 6.18 Å². The molecule has 0 bridgehead atoms. The number of nitrogens with one attached hydrogen (secondary N) is 2. The Labute approximate surface area is 149 Å². The van der Waals surface area contributed by atoms with Gasteiger partial charge in [0.05, 0.1) is 31.7 Å². The molecule has 0 spiro atoms. The van der Waals surface area contributed by atoms with E-state index in [2.05, 4.69) is 4.98 Å². The van der Waals surface area contributed by atoms with Gasteiger partial charge in [-0.05, 0) is 30.7 Å². The molecule has 26 heavy (non-hydrogen) atoms. The number of aryl methyl sites for hydroxylation is 1. The van der Waals surface area contributed by atoms with Crippen molar-refractivity contribution in [2.45, 2.75) is 25.1 Å². The van der Waals surface area contributed by atoms with Crippen LogP contribution in [0.2, 0.25) is 0 Å². The third-order valence-corrected chi connectivity index (χ3v) is 5.53. The monoisotopic (exact) mass is 364 g/mol. The zero-order chi connectivity index (χ0) is 18.3. The third kappa shape index (κ3) is 3.11. The molecule has 1 aliphatic carbocycles. The predicted octanol–water partition coefficient (Wildman–Crippen LogP) is 1.94. The fourth-order valence-electron chi connectivity index (χ4n) is 4.12. The molecule has 7 heteroatoms. The van der Waals surface area contributed by atoms with Gasteiger partial charge in [0.1, 0.15) is 0 Å². The van der Waals surface area contributed by atoms with Crippen LogP contribution in [0.4, 0.5) is 18.9 Å². The molecule has 2 N–H and O–H groups in total. The maximum atomic E-state index is 12.9. The molecule has 0 saturated carbocycles. The lowest BCUT2D eigenvalue weighted by atomic mass is 9.90. The Bertz CT molecular complexity index is 806. The standard InChI is InChI=1S/C19H20F3N3O/c20-19(21,22)13-2-1-3-14(12-13)24-8-10-25(11-9-24)17-5-4-16-15(18(17)26)6-7-23-16/h1-3,6-7,12,17,23H,4-5,8-11H2/p+1/t17-/m1/s1. The largest absolute Gasteiger partial charge is 0.416 e. The van der Waals surface area contributed by atoms with Crippen LogP contribution in [0.25, 0.3) is 0 Å². The van der Waals surface area contributed by atoms with E-state index in [0.29, 0.717) is 18.8 Å². The Hall–Kier alpha value is -2.28. The predicted molar refractivity (Wildman–Crippen MR) is 91.6 cm³/mol. The minimum atomic E-state index is -4.33. The second-order valence-electron chi connectivity index (χ2n) is 7.02. The Morgan fingerprint density at radius 3 is 2.65 bits per heavy atom. The Balaban J connectivity index is 1.43. The lowest BCUT2D eigenvalue weighted by Gasteiger charge is -2.38. The first-order chi connectivity index (χ1) is 12.4. The van der Waals surface area contributed by atoms with Gasteiger partial charge in [-0.25, -0.2) is 0 Å². The number of aromatic amines is 1. The molecule has 4 nitrogen and oxygen atoms in total. The molecule has 1 aromatic heterocycles. The summed E-state index contributed by atoms with van der Waals surface area (Å²) in [4.78, 5) is 19.1. The zero-order valence-electron chi connectivity index (χ0n) is 14.3. The van der Waals surface area contributed by atoms with Crippen molar-refractivity contribution in [1.29, 1.82) is 0 Å². The highest BCUT2D eigenvalue weighted by atomic mass is 19.4. The number of ketones is 1. The van der Waals surface area contributed by atoms with Crippen molar-refractivity contribution >= 4 is 11.5 Å². The van der Waals surface area contributed by atoms with Crippen LogP contribution in [0.5, 0.6) is 0 Å². The number of piperazine rings is 1. The second kappa shape index (κ2) is 6.46. The first kappa shape index (κ1) is 17.1. The minimum absolute atomic E-state index is 0.0399. The summed E-state index contributed by atoms with van der Waals surface area (Å²) in [5, 5.41) is 0. The van der Waals surface area contributed by atoms with Gasteiger partial charge in [-0.2, -0.15) is 13.2 Å². The van der Waals surface area contributed by atoms with Crippen molar-refractivity contribution in [3.63, 3.8) is 0 Å². The molecule has 138 valence electrons. The molecular weight excluding hydrogens is 343 g/mol. The highest BCUT2D eigenvalue weighted by molar-refractivity contribution is 6.01. The number of H-pyrrole nitrogens is 1. The highest BCUT2D eigenvalue weighted by Gasteiger charge is 2.37. The van der Waals surface area contributed by atoms with Crippen LogP contribution in [0.1, 0.15) is 28.0 Å². The highest BCUT2D eigenvalue weighted by Crippen LogP contribution is 2.31. The fourth-order valence-corrected chi connectivity index (χ4v) is 4.12. The number of anilines is 1. The van der Waals surface area contributed by atoms with Crippen molar-refractivity contribution in [1.82, 2.24) is 4.98 Å². The van der Waals surface area contributed by atoms with Crippen LogP contribution in [-0.4, -0.2) is 43.0 Å². The SMILES string of the molecule is O=C1c2cc[nH]c2CC[C@H]1[NH+]1CCN(c2cccc(C(F)(F)F)c2)CC1. The summed E-state index contributed by atoms with van der Waals surface area (Å²) in [7, 11) is 0. The Morgan fingerprint density at radius 1 is 1.15 bits per heavy atom. The number of quaternary nitrogens is 1. The number of alkyl halides is 3. The van der Waals surface area contributed by atoms with E-state index in [4.69, 9.17) is 0 Å². The summed E-state index contributed by atoms with van der Waals surface area (Å²) >= 11 is 0. The van der Waals surface area contributed by atoms with Crippen molar-refractivity contribution in [3.8, 4) is 0 Å². The number of benzene rings is 1. The quantitative estimate of drug-likeness (QED) is 0.855. The van der Waals surface area contributed by atoms with Crippen molar-refractivity contribution in [3.05, 3.63) is 53.3 Å². The van der Waals surface area contributed by atoms with E-state index in [-0.39, 0.29) is 11.8 Å². The lowest BCUT2D eigenvalue weighted by Crippen LogP contribution is -3.19. The number of halogens is 3. The number of aromatic nitrogens is 1. The average Bonchev–Trinajstić information content (AvgIpc) is 3.11. The summed E-state index contributed by atoms with van der Waals surface area (Å²) in [5.41, 5.74) is 1.80. The molecule has 0 radical (unpaired) electrons. The minimum Gasteiger partial charge on any atom is -0.364 e. The first-order valence-electron chi connectivity index (χ1n) is 8.91. The van der Waals surface area contributed by atoms with E-state index < -0.39 is 11.7 Å². The summed E-state index contributed by atoms with van der Waals surface area (Å²) in [5.74, 6) is 0.190. The maximum Gasteiger partial charge on any atom is 0.416 e. The number of rotatable bonds is 2. The van der Waals surface area contributed by atoms with Gasteiger partial charge in [0.15, 0.2) is 6.04 Å². The van der Waals surface area contributed by atoms with Crippen LogP contribution in [0.15, 0.2) is 36.5 Å². The molecule has 4 rings (SSSR count). The van der Waals surface area contributed by atoms with Gasteiger partial charge in [0.2, 0.25) is 5.78 Å². The van der Waals surface area contributed by atoms with Crippen LogP contribution in [0, 0.1) is 0 Å². The van der Waals surface area contributed by atoms with Gasteiger partial charge in [0.25, 0.3) is 0 Å². The molecule has 2 heterocycles. The van der Waals surface area contributed by atoms with E-state index in [1.807, 2.05) is 17.2 Å². The Morgan fingerprint density at radius 2 is 1.92 bits per heavy atom. The molecular formula is C19H21F3N3O+. The van der Waals surface area contributed by atoms with Crippen molar-refractivity contribution in [2.24, 2.45) is 0 Å². The summed E-state index contributed by atoms with van der Waals surface area (Å²) in [6, 6.07) is 7.29. The maximum absolute atomic E-state index is 12.9. The third-order valence-electron chi connectivity index (χ3n) is 5.53. The van der Waals surface area contributed by atoms with E-state index >= 15 is 0 Å². The molecule has 1 fully saturated rings. The Kier molecular flexibility index (Phi) is 4.26. The first-order valence-corrected chi connectivity index (χ1v) is 8.91. The van der Waals surface area contributed by atoms with Crippen molar-refractivity contribution in [2.75, 3.05) is 31.1 Å². The molecule has 1 aromatic carbocycles. The van der Waals surface area contributed by atoms with Crippen LogP contribution < -0.4 is 9.80 Å². The van der Waals surface area contributed by atoms with Crippen LogP contribution in [-0.2, 0) is 12.6 Å². The number of fused-ring (bicyclic) bond motifs is 1. The van der Waals surface area contributed by atoms with Gasteiger partial charge < -0.3 is 14.8 Å². The summed E-state index contributed by atoms with van der Waals surface area (Å²) < 4.78 is 38.7. The van der Waals surface area contributed by atoms with E-state index in [9.17, 15) is 18.0 Å². The van der Waals surface area contributed by atoms with Crippen molar-refractivity contribution < 1.29 is 22.9 Å². The summed E-state index contributed by atoms with van der Waals surface area (Å²) in [6.07, 6.45) is -0.817. The van der Waals surface area contributed by atoms with Gasteiger partial charge in [0, 0.05) is 29.6 Å². The number of hydrogen-bond donors (Lipinski definition) is 2. The number of hydrogen-bond acceptors (Lipinski definition) is 2. The number of carbonyl (C=O) groups is 1. The van der Waals surface area contributed by atoms with Gasteiger partial charge in [-0.3, -0.25) is 4.79 Å². The molecule has 2 aliphatic rings. The van der Waals surface area contributed by atoms with Crippen LogP contribution in [0.3, 0.4) is 0 Å². The molecule has 1 aliphatic heterocycles. The number of nitrogens with zero attached hydrogens (tertiary/aromatic N) is 1. The number of carbonyl (C=O) groups excluding carboxylic acids is 1. The zero-order valence-corrected chi connectivity index (χ0v) is 14.3. The average molecular weight is 364 g/mol.